The van der Waals surface area contributed by atoms with Crippen molar-refractivity contribution in [3.63, 3.8) is 0 Å². The van der Waals surface area contributed by atoms with Gasteiger partial charge >= 0.3 is 0 Å². The summed E-state index contributed by atoms with van der Waals surface area (Å²) in [6.07, 6.45) is 8.46. The number of benzene rings is 1. The van der Waals surface area contributed by atoms with Gasteiger partial charge in [0.05, 0.1) is 6.54 Å². The van der Waals surface area contributed by atoms with Gasteiger partial charge in [-0.25, -0.2) is 0 Å². The molecule has 1 heterocycles. The first-order valence-corrected chi connectivity index (χ1v) is 9.54. The Balaban J connectivity index is 1.71. The quantitative estimate of drug-likeness (QED) is 0.902. The standard InChI is InChI=1S/C20H31N3O/c1-21-17-9-8-14-22(15-17)16-20(24)23(18-10-4-2-5-11-18)19-12-6-3-7-13-19/h2,4-5,10-11,17,19,21H,3,6-9,12-16H2,1H3. The maximum absolute atomic E-state index is 13.2. The molecule has 1 saturated carbocycles. The largest absolute Gasteiger partial charge is 0.316 e. The molecule has 2 fully saturated rings. The van der Waals surface area contributed by atoms with Gasteiger partial charge in [0.25, 0.3) is 0 Å². The van der Waals surface area contributed by atoms with Crippen LogP contribution in [0.1, 0.15) is 44.9 Å². The molecule has 132 valence electrons. The number of carbonyl (C=O) groups excluding carboxylic acids is 1. The first-order valence-electron chi connectivity index (χ1n) is 9.54. The molecule has 0 bridgehead atoms. The summed E-state index contributed by atoms with van der Waals surface area (Å²) in [4.78, 5) is 17.6. The molecule has 24 heavy (non-hydrogen) atoms. The number of likely N-dealkylation sites (N-methyl/N-ethyl adjacent to an activating group) is 1. The molecule has 1 aromatic rings. The van der Waals surface area contributed by atoms with Gasteiger partial charge in [0.2, 0.25) is 5.91 Å². The monoisotopic (exact) mass is 329 g/mol. The molecule has 1 aliphatic heterocycles. The minimum absolute atomic E-state index is 0.268. The molecule has 0 radical (unpaired) electrons. The van der Waals surface area contributed by atoms with Gasteiger partial charge in [-0.05, 0) is 51.4 Å². The molecular formula is C20H31N3O. The fourth-order valence-electron chi connectivity index (χ4n) is 4.19. The number of anilines is 1. The Labute approximate surface area is 146 Å². The fraction of sp³-hybridized carbons (Fsp3) is 0.650. The number of piperidine rings is 1. The summed E-state index contributed by atoms with van der Waals surface area (Å²) in [6.45, 7) is 2.57. The van der Waals surface area contributed by atoms with E-state index in [1.54, 1.807) is 0 Å². The van der Waals surface area contributed by atoms with Gasteiger partial charge in [-0.15, -0.1) is 0 Å². The second-order valence-corrected chi connectivity index (χ2v) is 7.25. The van der Waals surface area contributed by atoms with E-state index < -0.39 is 0 Å². The Kier molecular flexibility index (Phi) is 6.27. The van der Waals surface area contributed by atoms with Gasteiger partial charge in [-0.1, -0.05) is 37.5 Å². The van der Waals surface area contributed by atoms with E-state index >= 15 is 0 Å². The lowest BCUT2D eigenvalue weighted by Gasteiger charge is -2.37. The molecule has 3 rings (SSSR count). The van der Waals surface area contributed by atoms with Gasteiger partial charge in [0.1, 0.15) is 0 Å². The van der Waals surface area contributed by atoms with Crippen LogP contribution in [0.15, 0.2) is 30.3 Å². The molecule has 1 atom stereocenters. The number of nitrogens with zero attached hydrogens (tertiary/aromatic N) is 2. The van der Waals surface area contributed by atoms with Crippen molar-refractivity contribution >= 4 is 11.6 Å². The minimum Gasteiger partial charge on any atom is -0.316 e. The zero-order valence-electron chi connectivity index (χ0n) is 14.9. The molecule has 1 aliphatic carbocycles. The van der Waals surface area contributed by atoms with Crippen LogP contribution in [0.2, 0.25) is 0 Å². The molecule has 1 amide bonds. The smallest absolute Gasteiger partial charge is 0.241 e. The van der Waals surface area contributed by atoms with Crippen molar-refractivity contribution in [2.45, 2.75) is 57.0 Å². The van der Waals surface area contributed by atoms with Crippen LogP contribution in [0, 0.1) is 0 Å². The molecule has 0 spiro atoms. The number of amides is 1. The third-order valence-electron chi connectivity index (χ3n) is 5.52. The zero-order valence-corrected chi connectivity index (χ0v) is 14.9. The Morgan fingerprint density at radius 2 is 1.88 bits per heavy atom. The first-order chi connectivity index (χ1) is 11.8. The lowest BCUT2D eigenvalue weighted by Crippen LogP contribution is -2.51. The number of carbonyl (C=O) groups is 1. The van der Waals surface area contributed by atoms with E-state index in [1.165, 1.54) is 32.1 Å². The number of para-hydroxylation sites is 1. The third-order valence-corrected chi connectivity index (χ3v) is 5.52. The molecule has 0 aromatic heterocycles. The highest BCUT2D eigenvalue weighted by molar-refractivity contribution is 5.95. The van der Waals surface area contributed by atoms with Crippen molar-refractivity contribution in [2.75, 3.05) is 31.6 Å². The Morgan fingerprint density at radius 3 is 2.58 bits per heavy atom. The highest BCUT2D eigenvalue weighted by atomic mass is 16.2. The minimum atomic E-state index is 0.268. The summed E-state index contributed by atoms with van der Waals surface area (Å²) in [6, 6.07) is 11.2. The van der Waals surface area contributed by atoms with Gasteiger partial charge in [-0.2, -0.15) is 0 Å². The molecule has 1 saturated heterocycles. The Morgan fingerprint density at radius 1 is 1.12 bits per heavy atom. The maximum Gasteiger partial charge on any atom is 0.241 e. The van der Waals surface area contributed by atoms with E-state index in [1.807, 2.05) is 25.2 Å². The molecule has 4 nitrogen and oxygen atoms in total. The summed E-state index contributed by atoms with van der Waals surface area (Å²) in [5.41, 5.74) is 1.07. The van der Waals surface area contributed by atoms with E-state index in [2.05, 4.69) is 27.2 Å². The molecular weight excluding hydrogens is 298 g/mol. The van der Waals surface area contributed by atoms with Crippen LogP contribution >= 0.6 is 0 Å². The van der Waals surface area contributed by atoms with Crippen molar-refractivity contribution in [1.29, 1.82) is 0 Å². The van der Waals surface area contributed by atoms with Crippen LogP contribution in [0.5, 0.6) is 0 Å². The van der Waals surface area contributed by atoms with Crippen molar-refractivity contribution in [1.82, 2.24) is 10.2 Å². The van der Waals surface area contributed by atoms with E-state index in [-0.39, 0.29) is 5.91 Å². The van der Waals surface area contributed by atoms with E-state index in [0.717, 1.165) is 31.6 Å². The van der Waals surface area contributed by atoms with E-state index in [9.17, 15) is 4.79 Å². The van der Waals surface area contributed by atoms with Crippen LogP contribution in [0.25, 0.3) is 0 Å². The number of nitrogens with one attached hydrogen (secondary N) is 1. The second-order valence-electron chi connectivity index (χ2n) is 7.25. The summed E-state index contributed by atoms with van der Waals surface area (Å²) in [5.74, 6) is 0.268. The normalized spacial score (nSPS) is 23.1. The highest BCUT2D eigenvalue weighted by Crippen LogP contribution is 2.27. The third kappa shape index (κ3) is 4.37. The molecule has 2 aliphatic rings. The number of hydrogen-bond donors (Lipinski definition) is 1. The number of rotatable bonds is 5. The number of likely N-dealkylation sites (tertiary alicyclic amines) is 1. The van der Waals surface area contributed by atoms with Gasteiger partial charge < -0.3 is 10.2 Å². The zero-order chi connectivity index (χ0) is 16.8. The van der Waals surface area contributed by atoms with Crippen LogP contribution < -0.4 is 10.2 Å². The lowest BCUT2D eigenvalue weighted by atomic mass is 9.93. The summed E-state index contributed by atoms with van der Waals surface area (Å²) in [7, 11) is 2.02. The summed E-state index contributed by atoms with van der Waals surface area (Å²) in [5, 5.41) is 3.36. The van der Waals surface area contributed by atoms with Crippen molar-refractivity contribution < 1.29 is 4.79 Å². The topological polar surface area (TPSA) is 35.6 Å². The lowest BCUT2D eigenvalue weighted by molar-refractivity contribution is -0.120. The molecule has 1 N–H and O–H groups in total. The van der Waals surface area contributed by atoms with Crippen molar-refractivity contribution in [3.8, 4) is 0 Å². The van der Waals surface area contributed by atoms with Crippen molar-refractivity contribution in [3.05, 3.63) is 30.3 Å². The van der Waals surface area contributed by atoms with Crippen LogP contribution in [-0.2, 0) is 4.79 Å². The highest BCUT2D eigenvalue weighted by Gasteiger charge is 2.29. The maximum atomic E-state index is 13.2. The number of hydrogen-bond acceptors (Lipinski definition) is 3. The van der Waals surface area contributed by atoms with Crippen LogP contribution in [-0.4, -0.2) is 49.6 Å². The molecule has 1 unspecified atom stereocenters. The first kappa shape index (κ1) is 17.4. The van der Waals surface area contributed by atoms with Crippen molar-refractivity contribution in [2.24, 2.45) is 0 Å². The second kappa shape index (κ2) is 8.63. The fourth-order valence-corrected chi connectivity index (χ4v) is 4.19. The predicted octanol–water partition coefficient (Wildman–Crippen LogP) is 3.04. The average Bonchev–Trinajstić information content (AvgIpc) is 2.64. The van der Waals surface area contributed by atoms with Crippen LogP contribution in [0.4, 0.5) is 5.69 Å². The molecule has 1 aromatic carbocycles. The average molecular weight is 329 g/mol. The van der Waals surface area contributed by atoms with Gasteiger partial charge in [0, 0.05) is 24.3 Å². The van der Waals surface area contributed by atoms with Crippen LogP contribution in [0.3, 0.4) is 0 Å². The van der Waals surface area contributed by atoms with Gasteiger partial charge in [-0.3, -0.25) is 9.69 Å². The van der Waals surface area contributed by atoms with E-state index in [4.69, 9.17) is 0 Å². The van der Waals surface area contributed by atoms with Gasteiger partial charge in [0.15, 0.2) is 0 Å². The Hall–Kier alpha value is -1.39. The summed E-state index contributed by atoms with van der Waals surface area (Å²) < 4.78 is 0. The predicted molar refractivity (Wildman–Crippen MR) is 99.3 cm³/mol. The molecule has 4 heteroatoms. The van der Waals surface area contributed by atoms with E-state index in [0.29, 0.717) is 18.6 Å². The summed E-state index contributed by atoms with van der Waals surface area (Å²) >= 11 is 0. The Bertz CT molecular complexity index is 513. The SMILES string of the molecule is CNC1CCCN(CC(=O)N(c2ccccc2)C2CCCCC2)C1.